The van der Waals surface area contributed by atoms with Gasteiger partial charge in [0.1, 0.15) is 11.6 Å². The number of nitrogens with one attached hydrogen (secondary N) is 1. The lowest BCUT2D eigenvalue weighted by molar-refractivity contribution is -0.136. The second-order valence-electron chi connectivity index (χ2n) is 5.94. The molecule has 0 radical (unpaired) electrons. The first-order valence-corrected chi connectivity index (χ1v) is 7.66. The number of nitrogens with two attached hydrogens (primary N) is 1. The van der Waals surface area contributed by atoms with Crippen molar-refractivity contribution in [1.29, 1.82) is 0 Å². The van der Waals surface area contributed by atoms with Crippen molar-refractivity contribution in [1.82, 2.24) is 5.32 Å². The molecule has 23 heavy (non-hydrogen) atoms. The smallest absolute Gasteiger partial charge is 0.228 e. The molecule has 1 aromatic carbocycles. The zero-order chi connectivity index (χ0) is 15.6. The van der Waals surface area contributed by atoms with Crippen LogP contribution in [0.4, 0.5) is 4.39 Å². The molecule has 0 bridgehead atoms. The van der Waals surface area contributed by atoms with E-state index in [0.29, 0.717) is 56.9 Å². The number of carbonyl (C=O) groups excluding carboxylic acids is 1. The lowest BCUT2D eigenvalue weighted by Gasteiger charge is -2.37. The van der Waals surface area contributed by atoms with Gasteiger partial charge in [0, 0.05) is 31.7 Å². The van der Waals surface area contributed by atoms with E-state index in [4.69, 9.17) is 15.2 Å². The average Bonchev–Trinajstić information content (AvgIpc) is 2.56. The zero-order valence-electron chi connectivity index (χ0n) is 12.8. The number of amides is 1. The molecule has 1 amide bonds. The highest BCUT2D eigenvalue weighted by Crippen LogP contribution is 2.35. The van der Waals surface area contributed by atoms with Gasteiger partial charge >= 0.3 is 0 Å². The largest absolute Gasteiger partial charge is 0.493 e. The minimum Gasteiger partial charge on any atom is -0.493 e. The summed E-state index contributed by atoms with van der Waals surface area (Å²) in [6.45, 7) is 1.89. The van der Waals surface area contributed by atoms with Crippen LogP contribution in [-0.2, 0) is 9.53 Å². The van der Waals surface area contributed by atoms with Gasteiger partial charge in [-0.15, -0.1) is 12.4 Å². The van der Waals surface area contributed by atoms with Crippen LogP contribution in [0.25, 0.3) is 0 Å². The Balaban J connectivity index is 0.00000192. The summed E-state index contributed by atoms with van der Waals surface area (Å²) >= 11 is 0. The van der Waals surface area contributed by atoms with Crippen molar-refractivity contribution in [2.45, 2.75) is 25.3 Å². The van der Waals surface area contributed by atoms with E-state index in [1.807, 2.05) is 0 Å². The van der Waals surface area contributed by atoms with Gasteiger partial charge in [0.25, 0.3) is 0 Å². The molecule has 3 N–H and O–H groups in total. The van der Waals surface area contributed by atoms with Crippen LogP contribution in [0, 0.1) is 11.2 Å². The second-order valence-corrected chi connectivity index (χ2v) is 5.94. The van der Waals surface area contributed by atoms with E-state index < -0.39 is 5.41 Å². The van der Waals surface area contributed by atoms with E-state index in [0.717, 1.165) is 0 Å². The SMILES string of the molecule is Cl.NCC1(C(=O)NC2CCOc3ccc(F)cc32)CCOCC1. The monoisotopic (exact) mass is 344 g/mol. The fourth-order valence-corrected chi connectivity index (χ4v) is 3.11. The third-order valence-corrected chi connectivity index (χ3v) is 4.64. The summed E-state index contributed by atoms with van der Waals surface area (Å²) in [7, 11) is 0. The molecule has 2 aliphatic rings. The van der Waals surface area contributed by atoms with Crippen molar-refractivity contribution in [3.8, 4) is 5.75 Å². The van der Waals surface area contributed by atoms with Gasteiger partial charge in [-0.05, 0) is 31.0 Å². The fourth-order valence-electron chi connectivity index (χ4n) is 3.11. The molecule has 1 fully saturated rings. The first kappa shape index (κ1) is 18.0. The maximum Gasteiger partial charge on any atom is 0.228 e. The summed E-state index contributed by atoms with van der Waals surface area (Å²) < 4.78 is 24.4. The maximum absolute atomic E-state index is 13.5. The molecule has 1 aromatic rings. The Morgan fingerprint density at radius 1 is 1.35 bits per heavy atom. The van der Waals surface area contributed by atoms with Crippen LogP contribution < -0.4 is 15.8 Å². The van der Waals surface area contributed by atoms with Crippen molar-refractivity contribution in [2.24, 2.45) is 11.1 Å². The molecular weight excluding hydrogens is 323 g/mol. The number of rotatable bonds is 3. The first-order chi connectivity index (χ1) is 10.6. The Kier molecular flexibility index (Phi) is 5.84. The van der Waals surface area contributed by atoms with Gasteiger partial charge < -0.3 is 20.5 Å². The van der Waals surface area contributed by atoms with Crippen LogP contribution in [0.15, 0.2) is 18.2 Å². The lowest BCUT2D eigenvalue weighted by atomic mass is 9.79. The Morgan fingerprint density at radius 2 is 2.09 bits per heavy atom. The number of fused-ring (bicyclic) bond motifs is 1. The van der Waals surface area contributed by atoms with E-state index in [-0.39, 0.29) is 30.2 Å². The molecular formula is C16H22ClFN2O3. The Labute approximate surface area is 141 Å². The Hall–Kier alpha value is -1.37. The van der Waals surface area contributed by atoms with Crippen molar-refractivity contribution in [2.75, 3.05) is 26.4 Å². The predicted octanol–water partition coefficient (Wildman–Crippen LogP) is 1.94. The summed E-state index contributed by atoms with van der Waals surface area (Å²) in [4.78, 5) is 12.7. The zero-order valence-corrected chi connectivity index (χ0v) is 13.7. The summed E-state index contributed by atoms with van der Waals surface area (Å²) in [6.07, 6.45) is 1.86. The number of carbonyl (C=O) groups is 1. The molecule has 1 saturated heterocycles. The number of benzene rings is 1. The van der Waals surface area contributed by atoms with Crippen molar-refractivity contribution < 1.29 is 18.7 Å². The minimum absolute atomic E-state index is 0. The molecule has 7 heteroatoms. The molecule has 5 nitrogen and oxygen atoms in total. The topological polar surface area (TPSA) is 73.6 Å². The molecule has 0 aromatic heterocycles. The van der Waals surface area contributed by atoms with Gasteiger partial charge in [-0.1, -0.05) is 0 Å². The van der Waals surface area contributed by atoms with Crippen LogP contribution >= 0.6 is 12.4 Å². The molecule has 0 saturated carbocycles. The molecule has 3 rings (SSSR count). The predicted molar refractivity (Wildman–Crippen MR) is 86.2 cm³/mol. The number of ether oxygens (including phenoxy) is 2. The van der Waals surface area contributed by atoms with Crippen molar-refractivity contribution in [3.05, 3.63) is 29.6 Å². The summed E-state index contributed by atoms with van der Waals surface area (Å²) in [6, 6.07) is 4.16. The molecule has 0 aliphatic carbocycles. The first-order valence-electron chi connectivity index (χ1n) is 7.66. The van der Waals surface area contributed by atoms with Crippen LogP contribution in [0.1, 0.15) is 30.9 Å². The highest BCUT2D eigenvalue weighted by atomic mass is 35.5. The molecule has 1 unspecified atom stereocenters. The van der Waals surface area contributed by atoms with Crippen LogP contribution in [-0.4, -0.2) is 32.3 Å². The summed E-state index contributed by atoms with van der Waals surface area (Å²) in [5.41, 5.74) is 5.98. The van der Waals surface area contributed by atoms with Gasteiger partial charge in [-0.3, -0.25) is 4.79 Å². The normalized spacial score (nSPS) is 22.3. The molecule has 2 heterocycles. The van der Waals surface area contributed by atoms with Crippen molar-refractivity contribution in [3.63, 3.8) is 0 Å². The van der Waals surface area contributed by atoms with Gasteiger partial charge in [-0.2, -0.15) is 0 Å². The Morgan fingerprint density at radius 3 is 2.78 bits per heavy atom. The summed E-state index contributed by atoms with van der Waals surface area (Å²) in [5, 5.41) is 3.04. The Bertz CT molecular complexity index is 564. The highest BCUT2D eigenvalue weighted by Gasteiger charge is 2.40. The van der Waals surface area contributed by atoms with E-state index in [1.54, 1.807) is 6.07 Å². The molecule has 2 aliphatic heterocycles. The van der Waals surface area contributed by atoms with E-state index in [9.17, 15) is 9.18 Å². The van der Waals surface area contributed by atoms with Gasteiger partial charge in [0.15, 0.2) is 0 Å². The third-order valence-electron chi connectivity index (χ3n) is 4.64. The third kappa shape index (κ3) is 3.59. The van der Waals surface area contributed by atoms with Gasteiger partial charge in [0.05, 0.1) is 18.1 Å². The van der Waals surface area contributed by atoms with Crippen LogP contribution in [0.5, 0.6) is 5.75 Å². The fraction of sp³-hybridized carbons (Fsp3) is 0.562. The quantitative estimate of drug-likeness (QED) is 0.879. The second kappa shape index (κ2) is 7.47. The number of halogens is 2. The van der Waals surface area contributed by atoms with E-state index >= 15 is 0 Å². The van der Waals surface area contributed by atoms with E-state index in [2.05, 4.69) is 5.32 Å². The number of hydrogen-bond acceptors (Lipinski definition) is 4. The highest BCUT2D eigenvalue weighted by molar-refractivity contribution is 5.85. The number of hydrogen-bond donors (Lipinski definition) is 2. The minimum atomic E-state index is -0.579. The van der Waals surface area contributed by atoms with Crippen molar-refractivity contribution >= 4 is 18.3 Å². The van der Waals surface area contributed by atoms with Gasteiger partial charge in [0.2, 0.25) is 5.91 Å². The standard InChI is InChI=1S/C16H21FN2O3.ClH/c17-11-1-2-14-12(9-11)13(3-6-22-14)19-15(20)16(10-18)4-7-21-8-5-16;/h1-2,9,13H,3-8,10,18H2,(H,19,20);1H. The van der Waals surface area contributed by atoms with E-state index in [1.165, 1.54) is 12.1 Å². The molecule has 128 valence electrons. The van der Waals surface area contributed by atoms with Gasteiger partial charge in [-0.25, -0.2) is 4.39 Å². The van der Waals surface area contributed by atoms with Crippen LogP contribution in [0.3, 0.4) is 0 Å². The maximum atomic E-state index is 13.5. The molecule has 1 atom stereocenters. The summed E-state index contributed by atoms with van der Waals surface area (Å²) in [5.74, 6) is 0.232. The molecule has 0 spiro atoms. The van der Waals surface area contributed by atoms with Crippen LogP contribution in [0.2, 0.25) is 0 Å². The lowest BCUT2D eigenvalue weighted by Crippen LogP contribution is -2.50. The average molecular weight is 345 g/mol.